The number of hydrogen-bond acceptors (Lipinski definition) is 6. The fraction of sp³-hybridized carbons (Fsp3) is 0. The Morgan fingerprint density at radius 3 is 2.14 bits per heavy atom. The van der Waals surface area contributed by atoms with E-state index in [0.29, 0.717) is 16.6 Å². The molecule has 0 saturated carbocycles. The Hall–Kier alpha value is -2.93. The molecule has 0 atom stereocenters. The molecule has 22 heavy (non-hydrogen) atoms. The van der Waals surface area contributed by atoms with E-state index in [1.165, 1.54) is 23.5 Å². The molecule has 3 rings (SSSR count). The molecule has 0 fully saturated rings. The second-order valence-corrected chi connectivity index (χ2v) is 5.50. The van der Waals surface area contributed by atoms with Crippen LogP contribution in [0.1, 0.15) is 0 Å². The average Bonchev–Trinajstić information content (AvgIpc) is 2.95. The van der Waals surface area contributed by atoms with Gasteiger partial charge in [-0.15, -0.1) is 0 Å². The van der Waals surface area contributed by atoms with Gasteiger partial charge in [-0.05, 0) is 42.0 Å². The average molecular weight is 313 g/mol. The number of hydrogen-bond donors (Lipinski definition) is 1. The van der Waals surface area contributed by atoms with Gasteiger partial charge in [-0.1, -0.05) is 11.3 Å². The third-order valence-corrected chi connectivity index (χ3v) is 3.82. The highest BCUT2D eigenvalue weighted by atomic mass is 32.1. The molecule has 2 aromatic carbocycles. The molecule has 110 valence electrons. The van der Waals surface area contributed by atoms with Gasteiger partial charge in [-0.3, -0.25) is 10.1 Å². The Morgan fingerprint density at radius 1 is 1.05 bits per heavy atom. The van der Waals surface area contributed by atoms with E-state index in [9.17, 15) is 10.1 Å². The molecular formula is C15H11N3O3S. The highest BCUT2D eigenvalue weighted by Gasteiger charge is 2.06. The van der Waals surface area contributed by atoms with Crippen molar-refractivity contribution in [2.24, 2.45) is 0 Å². The molecule has 1 aromatic heterocycles. The molecule has 0 bridgehead atoms. The molecule has 0 spiro atoms. The van der Waals surface area contributed by atoms with Gasteiger partial charge in [-0.2, -0.15) is 0 Å². The van der Waals surface area contributed by atoms with Crippen LogP contribution in [-0.2, 0) is 0 Å². The van der Waals surface area contributed by atoms with E-state index in [4.69, 9.17) is 10.5 Å². The van der Waals surface area contributed by atoms with E-state index < -0.39 is 4.92 Å². The fourth-order valence-electron chi connectivity index (χ4n) is 1.88. The zero-order valence-corrected chi connectivity index (χ0v) is 12.1. The predicted octanol–water partition coefficient (Wildman–Crippen LogP) is 4.09. The number of ether oxygens (including phenoxy) is 1. The lowest BCUT2D eigenvalue weighted by Crippen LogP contribution is -1.88. The normalized spacial score (nSPS) is 10.4. The van der Waals surface area contributed by atoms with Gasteiger partial charge in [0.15, 0.2) is 5.13 Å². The number of nitro groups is 1. The van der Waals surface area contributed by atoms with Crippen LogP contribution in [-0.4, -0.2) is 9.91 Å². The molecule has 1 heterocycles. The van der Waals surface area contributed by atoms with E-state index >= 15 is 0 Å². The Bertz CT molecular complexity index is 798. The minimum atomic E-state index is -0.445. The summed E-state index contributed by atoms with van der Waals surface area (Å²) in [6.07, 6.45) is 1.73. The van der Waals surface area contributed by atoms with Crippen LogP contribution in [0, 0.1) is 10.1 Å². The number of aromatic nitrogens is 1. The zero-order chi connectivity index (χ0) is 15.5. The van der Waals surface area contributed by atoms with Crippen LogP contribution in [0.25, 0.3) is 10.4 Å². The first-order valence-corrected chi connectivity index (χ1v) is 7.17. The van der Waals surface area contributed by atoms with Crippen molar-refractivity contribution in [2.45, 2.75) is 0 Å². The Kier molecular flexibility index (Phi) is 3.71. The van der Waals surface area contributed by atoms with Crippen molar-refractivity contribution < 1.29 is 9.66 Å². The molecule has 0 saturated heterocycles. The Morgan fingerprint density at radius 2 is 1.64 bits per heavy atom. The van der Waals surface area contributed by atoms with Crippen molar-refractivity contribution in [3.63, 3.8) is 0 Å². The maximum Gasteiger partial charge on any atom is 0.269 e. The number of nitrogen functional groups attached to an aromatic ring is 1. The van der Waals surface area contributed by atoms with Crippen LogP contribution in [0.2, 0.25) is 0 Å². The number of nitrogens with two attached hydrogens (primary N) is 1. The van der Waals surface area contributed by atoms with Crippen LogP contribution >= 0.6 is 11.3 Å². The van der Waals surface area contributed by atoms with Crippen molar-refractivity contribution in [2.75, 3.05) is 5.73 Å². The van der Waals surface area contributed by atoms with Gasteiger partial charge < -0.3 is 10.5 Å². The zero-order valence-electron chi connectivity index (χ0n) is 11.3. The van der Waals surface area contributed by atoms with Gasteiger partial charge in [-0.25, -0.2) is 4.98 Å². The van der Waals surface area contributed by atoms with Crippen molar-refractivity contribution in [1.82, 2.24) is 4.98 Å². The molecule has 3 aromatic rings. The van der Waals surface area contributed by atoms with Gasteiger partial charge in [0.1, 0.15) is 11.5 Å². The van der Waals surface area contributed by atoms with Crippen LogP contribution in [0.15, 0.2) is 54.7 Å². The number of non-ortho nitro benzene ring substituents is 1. The summed E-state index contributed by atoms with van der Waals surface area (Å²) in [7, 11) is 0. The molecule has 0 radical (unpaired) electrons. The highest BCUT2D eigenvalue weighted by molar-refractivity contribution is 7.18. The molecule has 0 unspecified atom stereocenters. The van der Waals surface area contributed by atoms with Crippen LogP contribution in [0.3, 0.4) is 0 Å². The third kappa shape index (κ3) is 3.04. The van der Waals surface area contributed by atoms with Gasteiger partial charge in [0.05, 0.1) is 9.80 Å². The lowest BCUT2D eigenvalue weighted by Gasteiger charge is -2.06. The molecule has 0 amide bonds. The first kappa shape index (κ1) is 14.0. The molecule has 0 aliphatic heterocycles. The standard InChI is InChI=1S/C15H11N3O3S/c16-15-17-9-14(22-15)10-1-5-12(6-2-10)21-13-7-3-11(4-8-13)18(19)20/h1-9H,(H2,16,17). The number of benzene rings is 2. The van der Waals surface area contributed by atoms with Gasteiger partial charge >= 0.3 is 0 Å². The molecule has 0 aliphatic carbocycles. The smallest absolute Gasteiger partial charge is 0.269 e. The van der Waals surface area contributed by atoms with Crippen LogP contribution in [0.5, 0.6) is 11.5 Å². The van der Waals surface area contributed by atoms with Crippen molar-refractivity contribution in [1.29, 1.82) is 0 Å². The highest BCUT2D eigenvalue weighted by Crippen LogP contribution is 2.30. The van der Waals surface area contributed by atoms with Gasteiger partial charge in [0.25, 0.3) is 5.69 Å². The molecule has 0 aliphatic rings. The summed E-state index contributed by atoms with van der Waals surface area (Å²) in [6, 6.07) is 13.4. The lowest BCUT2D eigenvalue weighted by atomic mass is 10.2. The molecular weight excluding hydrogens is 302 g/mol. The van der Waals surface area contributed by atoms with Crippen LogP contribution in [0.4, 0.5) is 10.8 Å². The van der Waals surface area contributed by atoms with Gasteiger partial charge in [0.2, 0.25) is 0 Å². The minimum Gasteiger partial charge on any atom is -0.457 e. The number of nitrogens with zero attached hydrogens (tertiary/aromatic N) is 2. The van der Waals surface area contributed by atoms with Crippen molar-refractivity contribution >= 4 is 22.2 Å². The molecule has 6 nitrogen and oxygen atoms in total. The summed E-state index contributed by atoms with van der Waals surface area (Å²) in [5, 5.41) is 11.1. The maximum atomic E-state index is 10.6. The fourth-order valence-corrected chi connectivity index (χ4v) is 2.57. The number of thiazole rings is 1. The van der Waals surface area contributed by atoms with E-state index in [0.717, 1.165) is 10.4 Å². The van der Waals surface area contributed by atoms with Crippen molar-refractivity contribution in [3.8, 4) is 21.9 Å². The minimum absolute atomic E-state index is 0.0329. The lowest BCUT2D eigenvalue weighted by molar-refractivity contribution is -0.384. The van der Waals surface area contributed by atoms with Gasteiger partial charge in [0, 0.05) is 18.3 Å². The number of rotatable bonds is 4. The summed E-state index contributed by atoms with van der Waals surface area (Å²) in [5.74, 6) is 1.19. The summed E-state index contributed by atoms with van der Waals surface area (Å²) in [4.78, 5) is 15.2. The first-order valence-electron chi connectivity index (χ1n) is 6.36. The second kappa shape index (κ2) is 5.82. The summed E-state index contributed by atoms with van der Waals surface area (Å²) in [5.41, 5.74) is 6.65. The van der Waals surface area contributed by atoms with E-state index in [1.807, 2.05) is 24.3 Å². The number of anilines is 1. The monoisotopic (exact) mass is 313 g/mol. The maximum absolute atomic E-state index is 10.6. The Labute approximate surface area is 130 Å². The van der Waals surface area contributed by atoms with E-state index in [-0.39, 0.29) is 5.69 Å². The van der Waals surface area contributed by atoms with Crippen LogP contribution < -0.4 is 10.5 Å². The summed E-state index contributed by atoms with van der Waals surface area (Å²) >= 11 is 1.42. The number of nitro benzene ring substituents is 1. The largest absolute Gasteiger partial charge is 0.457 e. The topological polar surface area (TPSA) is 91.3 Å². The third-order valence-electron chi connectivity index (χ3n) is 2.95. The summed E-state index contributed by atoms with van der Waals surface area (Å²) in [6.45, 7) is 0. The summed E-state index contributed by atoms with van der Waals surface area (Å²) < 4.78 is 5.65. The predicted molar refractivity (Wildman–Crippen MR) is 85.1 cm³/mol. The first-order chi connectivity index (χ1) is 10.6. The SMILES string of the molecule is Nc1ncc(-c2ccc(Oc3ccc([N+](=O)[O-])cc3)cc2)s1. The Balaban J connectivity index is 1.74. The van der Waals surface area contributed by atoms with E-state index in [1.54, 1.807) is 18.3 Å². The second-order valence-electron chi connectivity index (χ2n) is 4.44. The molecule has 2 N–H and O–H groups in total. The van der Waals surface area contributed by atoms with E-state index in [2.05, 4.69) is 4.98 Å². The molecule has 7 heteroatoms. The van der Waals surface area contributed by atoms with Crippen molar-refractivity contribution in [3.05, 3.63) is 64.8 Å². The quantitative estimate of drug-likeness (QED) is 0.578.